The topological polar surface area (TPSA) is 87.9 Å². The third kappa shape index (κ3) is 3.63. The van der Waals surface area contributed by atoms with Crippen molar-refractivity contribution in [2.45, 2.75) is 19.4 Å². The van der Waals surface area contributed by atoms with E-state index in [1.165, 1.54) is 18.3 Å². The van der Waals surface area contributed by atoms with Crippen LogP contribution in [0.15, 0.2) is 24.3 Å². The molecule has 1 aliphatic rings. The molecule has 8 heteroatoms. The van der Waals surface area contributed by atoms with E-state index in [1.54, 1.807) is 18.2 Å². The van der Waals surface area contributed by atoms with Gasteiger partial charge in [-0.05, 0) is 25.1 Å². The van der Waals surface area contributed by atoms with Crippen molar-refractivity contribution >= 4 is 34.8 Å². The predicted octanol–water partition coefficient (Wildman–Crippen LogP) is 3.80. The SMILES string of the molecule is CC(=O)c1ccc(Oc2cc(Cl)c3c(c2)CC(COC(N)=O)O3)s1. The number of hydrogen-bond acceptors (Lipinski definition) is 6. The summed E-state index contributed by atoms with van der Waals surface area (Å²) in [6.45, 7) is 1.57. The molecule has 6 nitrogen and oxygen atoms in total. The fourth-order valence-electron chi connectivity index (χ4n) is 2.37. The van der Waals surface area contributed by atoms with E-state index in [2.05, 4.69) is 0 Å². The summed E-state index contributed by atoms with van der Waals surface area (Å²) in [6, 6.07) is 6.92. The minimum Gasteiger partial charge on any atom is -0.485 e. The van der Waals surface area contributed by atoms with Crippen LogP contribution in [-0.2, 0) is 11.2 Å². The average Bonchev–Trinajstić information content (AvgIpc) is 3.12. The van der Waals surface area contributed by atoms with Crippen LogP contribution in [0.3, 0.4) is 0 Å². The highest BCUT2D eigenvalue weighted by atomic mass is 35.5. The van der Waals surface area contributed by atoms with Gasteiger partial charge in [-0.15, -0.1) is 0 Å². The van der Waals surface area contributed by atoms with E-state index in [9.17, 15) is 9.59 Å². The van der Waals surface area contributed by atoms with Gasteiger partial charge in [-0.25, -0.2) is 4.79 Å². The Morgan fingerprint density at radius 2 is 2.21 bits per heavy atom. The number of nitrogens with two attached hydrogens (primary N) is 1. The molecular formula is C16H14ClNO5S. The average molecular weight is 368 g/mol. The van der Waals surface area contributed by atoms with Gasteiger partial charge in [0.05, 0.1) is 9.90 Å². The smallest absolute Gasteiger partial charge is 0.404 e. The molecule has 2 N–H and O–H groups in total. The number of benzene rings is 1. The number of carbonyl (C=O) groups is 2. The van der Waals surface area contributed by atoms with Gasteiger partial charge in [-0.3, -0.25) is 4.79 Å². The summed E-state index contributed by atoms with van der Waals surface area (Å²) in [5, 5.41) is 1.01. The van der Waals surface area contributed by atoms with Gasteiger partial charge in [0.2, 0.25) is 0 Å². The zero-order chi connectivity index (χ0) is 17.3. The number of ketones is 1. The van der Waals surface area contributed by atoms with Gasteiger partial charge in [0.15, 0.2) is 10.8 Å². The number of fused-ring (bicyclic) bond motifs is 1. The zero-order valence-corrected chi connectivity index (χ0v) is 14.3. The molecule has 0 bridgehead atoms. The van der Waals surface area contributed by atoms with Crippen molar-refractivity contribution in [3.63, 3.8) is 0 Å². The number of Topliss-reactive ketones (excluding diaryl/α,β-unsaturated/α-hetero) is 1. The van der Waals surface area contributed by atoms with Crippen LogP contribution in [0.2, 0.25) is 5.02 Å². The number of rotatable bonds is 5. The Labute approximate surface area is 147 Å². The van der Waals surface area contributed by atoms with Crippen molar-refractivity contribution in [3.05, 3.63) is 39.7 Å². The molecule has 0 spiro atoms. The number of thiophene rings is 1. The first kappa shape index (κ1) is 16.6. The molecule has 1 unspecified atom stereocenters. The van der Waals surface area contributed by atoms with Crippen molar-refractivity contribution in [1.29, 1.82) is 0 Å². The van der Waals surface area contributed by atoms with Crippen LogP contribution in [0.5, 0.6) is 16.6 Å². The quantitative estimate of drug-likeness (QED) is 0.812. The Balaban J connectivity index is 1.74. The van der Waals surface area contributed by atoms with E-state index in [0.29, 0.717) is 32.9 Å². The second kappa shape index (κ2) is 6.70. The van der Waals surface area contributed by atoms with E-state index < -0.39 is 6.09 Å². The molecule has 0 fully saturated rings. The molecule has 0 saturated heterocycles. The van der Waals surface area contributed by atoms with E-state index in [0.717, 1.165) is 5.56 Å². The number of halogens is 1. The van der Waals surface area contributed by atoms with Crippen LogP contribution in [-0.4, -0.2) is 24.6 Å². The van der Waals surface area contributed by atoms with Crippen LogP contribution in [0, 0.1) is 0 Å². The highest BCUT2D eigenvalue weighted by Crippen LogP contribution is 2.41. The van der Waals surface area contributed by atoms with Gasteiger partial charge in [0.25, 0.3) is 0 Å². The van der Waals surface area contributed by atoms with Crippen LogP contribution in [0.1, 0.15) is 22.2 Å². The predicted molar refractivity (Wildman–Crippen MR) is 89.5 cm³/mol. The highest BCUT2D eigenvalue weighted by Gasteiger charge is 2.27. The first-order chi connectivity index (χ1) is 11.4. The lowest BCUT2D eigenvalue weighted by Gasteiger charge is -2.10. The fraction of sp³-hybridized carbons (Fsp3) is 0.250. The van der Waals surface area contributed by atoms with Gasteiger partial charge in [-0.2, -0.15) is 0 Å². The second-order valence-electron chi connectivity index (χ2n) is 5.24. The third-order valence-electron chi connectivity index (χ3n) is 3.38. The molecule has 0 aliphatic carbocycles. The highest BCUT2D eigenvalue weighted by molar-refractivity contribution is 7.15. The monoisotopic (exact) mass is 367 g/mol. The van der Waals surface area contributed by atoms with Crippen molar-refractivity contribution in [2.24, 2.45) is 5.73 Å². The van der Waals surface area contributed by atoms with Crippen LogP contribution in [0.4, 0.5) is 4.79 Å². The van der Waals surface area contributed by atoms with Gasteiger partial charge < -0.3 is 19.9 Å². The van der Waals surface area contributed by atoms with Crippen molar-refractivity contribution in [1.82, 2.24) is 0 Å². The molecule has 1 aromatic carbocycles. The number of primary amides is 1. The van der Waals surface area contributed by atoms with E-state index >= 15 is 0 Å². The normalized spacial score (nSPS) is 15.5. The lowest BCUT2D eigenvalue weighted by molar-refractivity contribution is 0.0989. The van der Waals surface area contributed by atoms with Crippen molar-refractivity contribution in [2.75, 3.05) is 6.61 Å². The maximum absolute atomic E-state index is 11.3. The number of amides is 1. The second-order valence-corrected chi connectivity index (χ2v) is 6.70. The Morgan fingerprint density at radius 1 is 1.42 bits per heavy atom. The maximum Gasteiger partial charge on any atom is 0.404 e. The van der Waals surface area contributed by atoms with Crippen LogP contribution < -0.4 is 15.2 Å². The zero-order valence-electron chi connectivity index (χ0n) is 12.7. The summed E-state index contributed by atoms with van der Waals surface area (Å²) in [7, 11) is 0. The molecule has 0 radical (unpaired) electrons. The summed E-state index contributed by atoms with van der Waals surface area (Å²) < 4.78 is 16.2. The molecule has 1 aromatic heterocycles. The molecule has 1 atom stereocenters. The van der Waals surface area contributed by atoms with Crippen LogP contribution >= 0.6 is 22.9 Å². The van der Waals surface area contributed by atoms with Gasteiger partial charge in [0.1, 0.15) is 24.2 Å². The largest absolute Gasteiger partial charge is 0.485 e. The molecule has 126 valence electrons. The minimum atomic E-state index is -0.844. The third-order valence-corrected chi connectivity index (χ3v) is 4.73. The summed E-state index contributed by atoms with van der Waals surface area (Å²) in [6.07, 6.45) is -0.641. The summed E-state index contributed by atoms with van der Waals surface area (Å²) in [5.41, 5.74) is 5.81. The molecule has 24 heavy (non-hydrogen) atoms. The van der Waals surface area contributed by atoms with Crippen LogP contribution in [0.25, 0.3) is 0 Å². The Hall–Kier alpha value is -2.25. The molecule has 3 rings (SSSR count). The summed E-state index contributed by atoms with van der Waals surface area (Å²) in [4.78, 5) is 22.6. The number of ether oxygens (including phenoxy) is 3. The molecular weight excluding hydrogens is 354 g/mol. The minimum absolute atomic E-state index is 0.00692. The van der Waals surface area contributed by atoms with Crippen molar-refractivity contribution in [3.8, 4) is 16.6 Å². The fourth-order valence-corrected chi connectivity index (χ4v) is 3.41. The standard InChI is InChI=1S/C16H14ClNO5S/c1-8(19)13-2-3-14(24-13)22-10-4-9-5-11(7-21-16(18)20)23-15(9)12(17)6-10/h2-4,6,11H,5,7H2,1H3,(H2,18,20). The van der Waals surface area contributed by atoms with Crippen molar-refractivity contribution < 1.29 is 23.8 Å². The Bertz CT molecular complexity index is 804. The number of hydrogen-bond donors (Lipinski definition) is 1. The maximum atomic E-state index is 11.3. The van der Waals surface area contributed by atoms with Gasteiger partial charge in [0, 0.05) is 18.1 Å². The van der Waals surface area contributed by atoms with Gasteiger partial charge in [-0.1, -0.05) is 22.9 Å². The first-order valence-electron chi connectivity index (χ1n) is 7.12. The van der Waals surface area contributed by atoms with E-state index in [1.807, 2.05) is 6.07 Å². The summed E-state index contributed by atoms with van der Waals surface area (Å²) in [5.74, 6) is 1.10. The molecule has 1 aliphatic heterocycles. The molecule has 2 heterocycles. The first-order valence-corrected chi connectivity index (χ1v) is 8.31. The lowest BCUT2D eigenvalue weighted by atomic mass is 10.1. The lowest BCUT2D eigenvalue weighted by Crippen LogP contribution is -2.25. The van der Waals surface area contributed by atoms with Gasteiger partial charge >= 0.3 is 6.09 Å². The van der Waals surface area contributed by atoms with E-state index in [-0.39, 0.29) is 18.5 Å². The Morgan fingerprint density at radius 3 is 2.88 bits per heavy atom. The summed E-state index contributed by atoms with van der Waals surface area (Å²) >= 11 is 7.51. The van der Waals surface area contributed by atoms with E-state index in [4.69, 9.17) is 31.5 Å². The molecule has 1 amide bonds. The number of carbonyl (C=O) groups excluding carboxylic acids is 2. The molecule has 0 saturated carbocycles. The Kier molecular flexibility index (Phi) is 4.64. The molecule has 2 aromatic rings.